The van der Waals surface area contributed by atoms with E-state index >= 15 is 0 Å². The van der Waals surface area contributed by atoms with Crippen molar-refractivity contribution < 1.29 is 14.4 Å². The Labute approximate surface area is 86.9 Å². The van der Waals surface area contributed by atoms with Crippen molar-refractivity contribution in [3.8, 4) is 0 Å². The van der Waals surface area contributed by atoms with Crippen LogP contribution in [0, 0.1) is 11.8 Å². The number of carbonyl (C=O) groups excluding carboxylic acids is 3. The molecule has 1 aliphatic heterocycles. The molecule has 3 amide bonds. The minimum atomic E-state index is -0.650. The number of amides is 3. The molecule has 2 atom stereocenters. The number of rotatable bonds is 2. The van der Waals surface area contributed by atoms with Crippen LogP contribution in [0.25, 0.3) is 0 Å². The summed E-state index contributed by atoms with van der Waals surface area (Å²) < 4.78 is 0. The molecule has 80 valence electrons. The smallest absolute Gasteiger partial charge is 0.237 e. The first-order chi connectivity index (χ1) is 7.11. The number of primary amides is 1. The summed E-state index contributed by atoms with van der Waals surface area (Å²) >= 11 is 0. The first-order valence-corrected chi connectivity index (χ1v) is 4.90. The molecule has 0 aromatic carbocycles. The summed E-state index contributed by atoms with van der Waals surface area (Å²) in [6.07, 6.45) is 4.98. The van der Waals surface area contributed by atoms with Crippen molar-refractivity contribution in [2.24, 2.45) is 17.6 Å². The van der Waals surface area contributed by atoms with E-state index in [4.69, 9.17) is 5.73 Å². The van der Waals surface area contributed by atoms with Gasteiger partial charge < -0.3 is 5.73 Å². The van der Waals surface area contributed by atoms with E-state index in [0.29, 0.717) is 12.8 Å². The van der Waals surface area contributed by atoms with Crippen LogP contribution in [0.15, 0.2) is 12.2 Å². The lowest BCUT2D eigenvalue weighted by molar-refractivity contribution is -0.143. The SMILES string of the molecule is NC(=O)CN1C(=O)[C@@H]2CC=CC[C@H]2C1=O. The lowest BCUT2D eigenvalue weighted by atomic mass is 9.85. The molecular weight excluding hydrogens is 196 g/mol. The number of hydrogen-bond donors (Lipinski definition) is 1. The van der Waals surface area contributed by atoms with Crippen LogP contribution >= 0.6 is 0 Å². The second-order valence-electron chi connectivity index (χ2n) is 3.88. The molecule has 0 unspecified atom stereocenters. The molecule has 5 heteroatoms. The van der Waals surface area contributed by atoms with Crippen LogP contribution in [0.4, 0.5) is 0 Å². The molecule has 2 rings (SSSR count). The molecule has 0 aromatic rings. The maximum atomic E-state index is 11.7. The third-order valence-corrected chi connectivity index (χ3v) is 2.91. The molecule has 0 saturated carbocycles. The fourth-order valence-electron chi connectivity index (χ4n) is 2.18. The van der Waals surface area contributed by atoms with E-state index in [9.17, 15) is 14.4 Å². The highest BCUT2D eigenvalue weighted by Crippen LogP contribution is 2.34. The first kappa shape index (κ1) is 9.89. The second-order valence-corrected chi connectivity index (χ2v) is 3.88. The summed E-state index contributed by atoms with van der Waals surface area (Å²) in [4.78, 5) is 35.2. The maximum Gasteiger partial charge on any atom is 0.237 e. The monoisotopic (exact) mass is 208 g/mol. The number of imide groups is 1. The zero-order valence-corrected chi connectivity index (χ0v) is 8.18. The average Bonchev–Trinajstić information content (AvgIpc) is 2.44. The number of nitrogens with zero attached hydrogens (tertiary/aromatic N) is 1. The summed E-state index contributed by atoms with van der Waals surface area (Å²) in [5.74, 6) is -1.71. The Bertz CT molecular complexity index is 336. The van der Waals surface area contributed by atoms with Gasteiger partial charge in [0.1, 0.15) is 6.54 Å². The van der Waals surface area contributed by atoms with Gasteiger partial charge >= 0.3 is 0 Å². The summed E-state index contributed by atoms with van der Waals surface area (Å²) in [5, 5.41) is 0. The summed E-state index contributed by atoms with van der Waals surface area (Å²) in [5.41, 5.74) is 4.99. The molecule has 15 heavy (non-hydrogen) atoms. The zero-order valence-electron chi connectivity index (χ0n) is 8.18. The lowest BCUT2D eigenvalue weighted by Gasteiger charge is -2.14. The van der Waals surface area contributed by atoms with Crippen LogP contribution < -0.4 is 5.73 Å². The Morgan fingerprint density at radius 1 is 1.27 bits per heavy atom. The number of nitrogens with two attached hydrogens (primary N) is 1. The minimum Gasteiger partial charge on any atom is -0.368 e. The molecule has 1 heterocycles. The fraction of sp³-hybridized carbons (Fsp3) is 0.500. The van der Waals surface area contributed by atoms with Gasteiger partial charge in [-0.2, -0.15) is 0 Å². The zero-order chi connectivity index (χ0) is 11.0. The molecule has 0 bridgehead atoms. The van der Waals surface area contributed by atoms with Gasteiger partial charge in [-0.05, 0) is 12.8 Å². The highest BCUT2D eigenvalue weighted by molar-refractivity contribution is 6.07. The third kappa shape index (κ3) is 1.54. The molecule has 1 aliphatic carbocycles. The normalized spacial score (nSPS) is 29.5. The highest BCUT2D eigenvalue weighted by Gasteiger charge is 2.47. The molecule has 0 aromatic heterocycles. The van der Waals surface area contributed by atoms with Gasteiger partial charge in [0.15, 0.2) is 0 Å². The van der Waals surface area contributed by atoms with Crippen LogP contribution in [0.1, 0.15) is 12.8 Å². The van der Waals surface area contributed by atoms with Crippen LogP contribution in [0.2, 0.25) is 0 Å². The Kier molecular flexibility index (Phi) is 2.30. The van der Waals surface area contributed by atoms with Gasteiger partial charge in [-0.1, -0.05) is 12.2 Å². The minimum absolute atomic E-state index is 0.256. The number of allylic oxidation sites excluding steroid dienone is 2. The van der Waals surface area contributed by atoms with Crippen LogP contribution in [0.3, 0.4) is 0 Å². The summed E-state index contributed by atoms with van der Waals surface area (Å²) in [6.45, 7) is -0.287. The van der Waals surface area contributed by atoms with Gasteiger partial charge in [0.2, 0.25) is 17.7 Å². The summed E-state index contributed by atoms with van der Waals surface area (Å²) in [6, 6.07) is 0. The van der Waals surface area contributed by atoms with Gasteiger partial charge in [0.25, 0.3) is 0 Å². The molecule has 0 spiro atoms. The fourth-order valence-corrected chi connectivity index (χ4v) is 2.18. The van der Waals surface area contributed by atoms with Crippen LogP contribution in [-0.2, 0) is 14.4 Å². The Morgan fingerprint density at radius 2 is 1.73 bits per heavy atom. The van der Waals surface area contributed by atoms with Gasteiger partial charge in [-0.15, -0.1) is 0 Å². The number of fused-ring (bicyclic) bond motifs is 1. The lowest BCUT2D eigenvalue weighted by Crippen LogP contribution is -2.38. The van der Waals surface area contributed by atoms with Gasteiger partial charge in [0.05, 0.1) is 11.8 Å². The molecule has 0 radical (unpaired) electrons. The van der Waals surface area contributed by atoms with Crippen molar-refractivity contribution in [2.45, 2.75) is 12.8 Å². The summed E-state index contributed by atoms with van der Waals surface area (Å²) in [7, 11) is 0. The molecule has 2 N–H and O–H groups in total. The van der Waals surface area contributed by atoms with E-state index in [1.165, 1.54) is 0 Å². The van der Waals surface area contributed by atoms with E-state index in [1.54, 1.807) is 0 Å². The van der Waals surface area contributed by atoms with E-state index in [1.807, 2.05) is 12.2 Å². The molecule has 1 fully saturated rings. The van der Waals surface area contributed by atoms with Crippen molar-refractivity contribution in [1.82, 2.24) is 4.90 Å². The number of likely N-dealkylation sites (tertiary alicyclic amines) is 1. The topological polar surface area (TPSA) is 80.5 Å². The molecular formula is C10H12N2O3. The Balaban J connectivity index is 2.20. The molecule has 5 nitrogen and oxygen atoms in total. The third-order valence-electron chi connectivity index (χ3n) is 2.91. The highest BCUT2D eigenvalue weighted by atomic mass is 16.2. The van der Waals surface area contributed by atoms with Crippen molar-refractivity contribution >= 4 is 17.7 Å². The quantitative estimate of drug-likeness (QED) is 0.487. The van der Waals surface area contributed by atoms with E-state index in [2.05, 4.69) is 0 Å². The molecule has 1 saturated heterocycles. The Morgan fingerprint density at radius 3 is 2.13 bits per heavy atom. The number of carbonyl (C=O) groups is 3. The first-order valence-electron chi connectivity index (χ1n) is 4.90. The van der Waals surface area contributed by atoms with Gasteiger partial charge in [-0.25, -0.2) is 0 Å². The van der Waals surface area contributed by atoms with Gasteiger partial charge in [0, 0.05) is 0 Å². The average molecular weight is 208 g/mol. The van der Waals surface area contributed by atoms with Crippen LogP contribution in [0.5, 0.6) is 0 Å². The van der Waals surface area contributed by atoms with E-state index < -0.39 is 5.91 Å². The largest absolute Gasteiger partial charge is 0.368 e. The van der Waals surface area contributed by atoms with Gasteiger partial charge in [-0.3, -0.25) is 19.3 Å². The molecule has 2 aliphatic rings. The second kappa shape index (κ2) is 3.49. The standard InChI is InChI=1S/C10H12N2O3/c11-8(13)5-12-9(14)6-3-1-2-4-7(6)10(12)15/h1-2,6-7H,3-5H2,(H2,11,13)/t6-,7-/m1/s1. The van der Waals surface area contributed by atoms with Crippen molar-refractivity contribution in [3.63, 3.8) is 0 Å². The van der Waals surface area contributed by atoms with Crippen LogP contribution in [-0.4, -0.2) is 29.2 Å². The van der Waals surface area contributed by atoms with Crippen molar-refractivity contribution in [2.75, 3.05) is 6.54 Å². The van der Waals surface area contributed by atoms with Crippen molar-refractivity contribution in [1.29, 1.82) is 0 Å². The van der Waals surface area contributed by atoms with E-state index in [0.717, 1.165) is 4.90 Å². The predicted octanol–water partition coefficient (Wildman–Crippen LogP) is -0.577. The van der Waals surface area contributed by atoms with E-state index in [-0.39, 0.29) is 30.2 Å². The Hall–Kier alpha value is -1.65. The van der Waals surface area contributed by atoms with Crippen molar-refractivity contribution in [3.05, 3.63) is 12.2 Å². The predicted molar refractivity (Wildman–Crippen MR) is 51.3 cm³/mol. The maximum absolute atomic E-state index is 11.7. The number of hydrogen-bond acceptors (Lipinski definition) is 3.